The van der Waals surface area contributed by atoms with Crippen LogP contribution < -0.4 is 0 Å². The molecule has 1 heterocycles. The SMILES string of the molecule is Cn1nc(Br)c2ccc(CC3(O)CC3)cc21. The maximum atomic E-state index is 9.90. The minimum absolute atomic E-state index is 0.427. The van der Waals surface area contributed by atoms with Crippen LogP contribution in [-0.4, -0.2) is 20.5 Å². The fourth-order valence-corrected chi connectivity index (χ4v) is 2.64. The van der Waals surface area contributed by atoms with E-state index < -0.39 is 5.60 Å². The van der Waals surface area contributed by atoms with E-state index in [1.165, 1.54) is 5.56 Å². The molecule has 0 unspecified atom stereocenters. The van der Waals surface area contributed by atoms with E-state index in [1.807, 2.05) is 11.7 Å². The number of rotatable bonds is 2. The van der Waals surface area contributed by atoms with Crippen LogP contribution in [0.4, 0.5) is 0 Å². The highest BCUT2D eigenvalue weighted by atomic mass is 79.9. The van der Waals surface area contributed by atoms with Crippen LogP contribution in [0.5, 0.6) is 0 Å². The second-order valence-electron chi connectivity index (χ2n) is 4.67. The third-order valence-corrected chi connectivity index (χ3v) is 3.82. The van der Waals surface area contributed by atoms with Crippen molar-refractivity contribution in [3.63, 3.8) is 0 Å². The smallest absolute Gasteiger partial charge is 0.135 e. The lowest BCUT2D eigenvalue weighted by atomic mass is 10.1. The zero-order chi connectivity index (χ0) is 11.3. The molecule has 0 amide bonds. The predicted molar refractivity (Wildman–Crippen MR) is 66.3 cm³/mol. The van der Waals surface area contributed by atoms with Crippen LogP contribution in [0.15, 0.2) is 22.8 Å². The molecule has 0 atom stereocenters. The molecule has 3 nitrogen and oxygen atoms in total. The Kier molecular flexibility index (Phi) is 2.13. The van der Waals surface area contributed by atoms with Crippen molar-refractivity contribution in [2.24, 2.45) is 7.05 Å². The summed E-state index contributed by atoms with van der Waals surface area (Å²) < 4.78 is 2.74. The molecule has 1 aromatic carbocycles. The summed E-state index contributed by atoms with van der Waals surface area (Å²) in [5.74, 6) is 0. The highest BCUT2D eigenvalue weighted by Crippen LogP contribution is 2.38. The molecule has 4 heteroatoms. The molecule has 1 N–H and O–H groups in total. The standard InChI is InChI=1S/C12H13BrN2O/c1-15-10-6-8(7-12(16)4-5-12)2-3-9(10)11(13)14-15/h2-3,6,16H,4-5,7H2,1H3. The topological polar surface area (TPSA) is 38.0 Å². The molecule has 16 heavy (non-hydrogen) atoms. The van der Waals surface area contributed by atoms with Crippen molar-refractivity contribution in [2.75, 3.05) is 0 Å². The number of fused-ring (bicyclic) bond motifs is 1. The first-order valence-electron chi connectivity index (χ1n) is 5.41. The maximum Gasteiger partial charge on any atom is 0.135 e. The summed E-state index contributed by atoms with van der Waals surface area (Å²) in [6, 6.07) is 6.25. The zero-order valence-corrected chi connectivity index (χ0v) is 10.7. The van der Waals surface area contributed by atoms with Crippen LogP contribution in [0.1, 0.15) is 18.4 Å². The molecule has 3 rings (SSSR count). The fraction of sp³-hybridized carbons (Fsp3) is 0.417. The van der Waals surface area contributed by atoms with Gasteiger partial charge in [0.05, 0.1) is 11.1 Å². The summed E-state index contributed by atoms with van der Waals surface area (Å²) in [5.41, 5.74) is 1.86. The van der Waals surface area contributed by atoms with E-state index in [2.05, 4.69) is 39.2 Å². The Bertz CT molecular complexity index is 557. The number of nitrogens with zero attached hydrogens (tertiary/aromatic N) is 2. The number of aromatic nitrogens is 2. The van der Waals surface area contributed by atoms with Gasteiger partial charge in [-0.3, -0.25) is 4.68 Å². The monoisotopic (exact) mass is 280 g/mol. The van der Waals surface area contributed by atoms with Gasteiger partial charge in [-0.15, -0.1) is 0 Å². The molecule has 0 aliphatic heterocycles. The van der Waals surface area contributed by atoms with Gasteiger partial charge < -0.3 is 5.11 Å². The number of benzene rings is 1. The third kappa shape index (κ3) is 1.66. The minimum Gasteiger partial charge on any atom is -0.390 e. The number of aryl methyl sites for hydroxylation is 1. The Morgan fingerprint density at radius 1 is 1.50 bits per heavy atom. The van der Waals surface area contributed by atoms with Gasteiger partial charge in [0.25, 0.3) is 0 Å². The fourth-order valence-electron chi connectivity index (χ4n) is 2.07. The van der Waals surface area contributed by atoms with Crippen LogP contribution in [0.2, 0.25) is 0 Å². The quantitative estimate of drug-likeness (QED) is 0.918. The molecule has 0 bridgehead atoms. The second kappa shape index (κ2) is 3.31. The average molecular weight is 281 g/mol. The minimum atomic E-state index is -0.427. The van der Waals surface area contributed by atoms with Crippen molar-refractivity contribution in [1.82, 2.24) is 9.78 Å². The Morgan fingerprint density at radius 3 is 2.94 bits per heavy atom. The van der Waals surface area contributed by atoms with E-state index in [0.717, 1.165) is 34.8 Å². The van der Waals surface area contributed by atoms with Crippen molar-refractivity contribution >= 4 is 26.8 Å². The molecular formula is C12H13BrN2O. The van der Waals surface area contributed by atoms with E-state index in [9.17, 15) is 5.11 Å². The van der Waals surface area contributed by atoms with Crippen molar-refractivity contribution in [3.05, 3.63) is 28.4 Å². The van der Waals surface area contributed by atoms with Crippen molar-refractivity contribution in [3.8, 4) is 0 Å². The Labute approximate surface area is 102 Å². The van der Waals surface area contributed by atoms with Crippen LogP contribution in [-0.2, 0) is 13.5 Å². The van der Waals surface area contributed by atoms with Gasteiger partial charge in [0.15, 0.2) is 0 Å². The van der Waals surface area contributed by atoms with E-state index in [0.29, 0.717) is 0 Å². The van der Waals surface area contributed by atoms with Crippen molar-refractivity contribution < 1.29 is 5.11 Å². The summed E-state index contributed by atoms with van der Waals surface area (Å²) in [5, 5.41) is 15.3. The Hall–Kier alpha value is -0.870. The van der Waals surface area contributed by atoms with Gasteiger partial charge in [0.1, 0.15) is 4.60 Å². The van der Waals surface area contributed by atoms with Gasteiger partial charge >= 0.3 is 0 Å². The van der Waals surface area contributed by atoms with E-state index >= 15 is 0 Å². The number of aliphatic hydroxyl groups is 1. The van der Waals surface area contributed by atoms with Crippen LogP contribution in [0, 0.1) is 0 Å². The molecule has 1 saturated carbocycles. The molecule has 1 aliphatic carbocycles. The van der Waals surface area contributed by atoms with E-state index in [4.69, 9.17) is 0 Å². The Balaban J connectivity index is 2.04. The summed E-state index contributed by atoms with van der Waals surface area (Å²) >= 11 is 3.43. The number of hydrogen-bond donors (Lipinski definition) is 1. The first-order valence-corrected chi connectivity index (χ1v) is 6.20. The molecule has 0 spiro atoms. The third-order valence-electron chi connectivity index (χ3n) is 3.23. The lowest BCUT2D eigenvalue weighted by Gasteiger charge is -2.07. The lowest BCUT2D eigenvalue weighted by Crippen LogP contribution is -2.10. The zero-order valence-electron chi connectivity index (χ0n) is 9.07. The van der Waals surface area contributed by atoms with Crippen LogP contribution in [0.3, 0.4) is 0 Å². The number of halogens is 1. The lowest BCUT2D eigenvalue weighted by molar-refractivity contribution is 0.151. The molecule has 0 radical (unpaired) electrons. The normalized spacial score (nSPS) is 17.9. The summed E-state index contributed by atoms with van der Waals surface area (Å²) in [6.07, 6.45) is 2.62. The van der Waals surface area contributed by atoms with Crippen molar-refractivity contribution in [2.45, 2.75) is 24.9 Å². The highest BCUT2D eigenvalue weighted by Gasteiger charge is 2.40. The summed E-state index contributed by atoms with van der Waals surface area (Å²) in [4.78, 5) is 0. The summed E-state index contributed by atoms with van der Waals surface area (Å²) in [7, 11) is 1.93. The average Bonchev–Trinajstić information content (AvgIpc) is 2.88. The van der Waals surface area contributed by atoms with E-state index in [-0.39, 0.29) is 0 Å². The van der Waals surface area contributed by atoms with Gasteiger partial charge in [-0.2, -0.15) is 5.10 Å². The van der Waals surface area contributed by atoms with Crippen molar-refractivity contribution in [1.29, 1.82) is 0 Å². The molecule has 1 fully saturated rings. The molecule has 1 aliphatic rings. The summed E-state index contributed by atoms with van der Waals surface area (Å²) in [6.45, 7) is 0. The first-order chi connectivity index (χ1) is 7.57. The molecular weight excluding hydrogens is 268 g/mol. The van der Waals surface area contributed by atoms with Gasteiger partial charge in [0, 0.05) is 18.9 Å². The molecule has 84 valence electrons. The second-order valence-corrected chi connectivity index (χ2v) is 5.42. The maximum absolute atomic E-state index is 9.90. The molecule has 1 aromatic heterocycles. The number of hydrogen-bond acceptors (Lipinski definition) is 2. The largest absolute Gasteiger partial charge is 0.390 e. The first kappa shape index (κ1) is 10.3. The van der Waals surface area contributed by atoms with Gasteiger partial charge in [-0.05, 0) is 46.5 Å². The molecule has 0 saturated heterocycles. The Morgan fingerprint density at radius 2 is 2.25 bits per heavy atom. The van der Waals surface area contributed by atoms with Gasteiger partial charge in [0.2, 0.25) is 0 Å². The van der Waals surface area contributed by atoms with Crippen LogP contribution in [0.25, 0.3) is 10.9 Å². The highest BCUT2D eigenvalue weighted by molar-refractivity contribution is 9.10. The van der Waals surface area contributed by atoms with Gasteiger partial charge in [-0.25, -0.2) is 0 Å². The van der Waals surface area contributed by atoms with Gasteiger partial charge in [-0.1, -0.05) is 6.07 Å². The predicted octanol–water partition coefficient (Wildman–Crippen LogP) is 2.40. The molecule has 2 aromatic rings. The van der Waals surface area contributed by atoms with Crippen LogP contribution >= 0.6 is 15.9 Å². The van der Waals surface area contributed by atoms with E-state index in [1.54, 1.807) is 0 Å².